The molecule has 3 rings (SSSR count). The Morgan fingerprint density at radius 1 is 1.18 bits per heavy atom. The van der Waals surface area contributed by atoms with Gasteiger partial charge in [0.25, 0.3) is 0 Å². The monoisotopic (exact) mass is 497 g/mol. The topological polar surface area (TPSA) is 107 Å². The summed E-state index contributed by atoms with van der Waals surface area (Å²) in [7, 11) is 0. The summed E-state index contributed by atoms with van der Waals surface area (Å²) >= 11 is 7.72. The summed E-state index contributed by atoms with van der Waals surface area (Å²) in [6.45, 7) is 1.50. The number of nitrogens with one attached hydrogen (secondary N) is 1. The molecule has 1 N–H and O–H groups in total. The smallest absolute Gasteiger partial charge is 0.244 e. The van der Waals surface area contributed by atoms with Gasteiger partial charge in [-0.25, -0.2) is 0 Å². The van der Waals surface area contributed by atoms with Crippen LogP contribution >= 0.6 is 23.4 Å². The Bertz CT molecular complexity index is 1180. The van der Waals surface area contributed by atoms with Crippen LogP contribution in [-0.2, 0) is 16.0 Å². The molecule has 2 aromatic carbocycles. The maximum atomic E-state index is 12.9. The summed E-state index contributed by atoms with van der Waals surface area (Å²) in [5, 5.41) is 14.5. The summed E-state index contributed by atoms with van der Waals surface area (Å²) in [5.41, 5.74) is 2.68. The molecule has 1 amide bonds. The van der Waals surface area contributed by atoms with E-state index in [2.05, 4.69) is 20.8 Å². The van der Waals surface area contributed by atoms with Crippen molar-refractivity contribution in [2.45, 2.75) is 25.8 Å². The molecule has 0 fully saturated rings. The van der Waals surface area contributed by atoms with E-state index in [0.29, 0.717) is 28.3 Å². The first kappa shape index (κ1) is 25.3. The number of benzene rings is 2. The third-order valence-corrected chi connectivity index (χ3v) is 5.93. The first-order valence-electron chi connectivity index (χ1n) is 10.5. The molecule has 0 unspecified atom stereocenters. The van der Waals surface area contributed by atoms with Crippen LogP contribution in [-0.4, -0.2) is 55.7 Å². The predicted molar refractivity (Wildman–Crippen MR) is 133 cm³/mol. The van der Waals surface area contributed by atoms with Crippen molar-refractivity contribution < 1.29 is 14.4 Å². The molecule has 10 heteroatoms. The number of nitrogens with zero attached hydrogens (tertiary/aromatic N) is 4. The molecule has 0 saturated heterocycles. The number of rotatable bonds is 11. The molecule has 0 saturated carbocycles. The van der Waals surface area contributed by atoms with Crippen LogP contribution in [0, 0.1) is 0 Å². The second kappa shape index (κ2) is 12.2. The van der Waals surface area contributed by atoms with Crippen LogP contribution in [0.2, 0.25) is 5.02 Å². The number of ketones is 2. The fraction of sp³-hybridized carbons (Fsp3) is 0.250. The van der Waals surface area contributed by atoms with Gasteiger partial charge in [-0.3, -0.25) is 14.4 Å². The van der Waals surface area contributed by atoms with Crippen LogP contribution in [0.4, 0.5) is 0 Å². The summed E-state index contributed by atoms with van der Waals surface area (Å²) < 4.78 is 1.47. The molecule has 1 atom stereocenters. The van der Waals surface area contributed by atoms with Crippen LogP contribution in [0.3, 0.4) is 0 Å². The van der Waals surface area contributed by atoms with Gasteiger partial charge >= 0.3 is 0 Å². The molecule has 0 bridgehead atoms. The van der Waals surface area contributed by atoms with Crippen molar-refractivity contribution in [2.24, 2.45) is 0 Å². The first-order valence-corrected chi connectivity index (χ1v) is 12.3. The highest BCUT2D eigenvalue weighted by molar-refractivity contribution is 7.98. The highest BCUT2D eigenvalue weighted by Gasteiger charge is 2.20. The van der Waals surface area contributed by atoms with Crippen LogP contribution in [0.1, 0.15) is 34.8 Å². The average Bonchev–Trinajstić information content (AvgIpc) is 3.35. The fourth-order valence-electron chi connectivity index (χ4n) is 3.26. The van der Waals surface area contributed by atoms with Gasteiger partial charge in [0.2, 0.25) is 5.91 Å². The molecule has 1 heterocycles. The van der Waals surface area contributed by atoms with Crippen molar-refractivity contribution in [2.75, 3.05) is 12.0 Å². The second-order valence-electron chi connectivity index (χ2n) is 7.53. The van der Waals surface area contributed by atoms with Crippen molar-refractivity contribution in [3.63, 3.8) is 0 Å². The molecule has 1 aromatic heterocycles. The third-order valence-electron chi connectivity index (χ3n) is 5.05. The normalized spacial score (nSPS) is 12.0. The van der Waals surface area contributed by atoms with Crippen LogP contribution in [0.5, 0.6) is 0 Å². The second-order valence-corrected chi connectivity index (χ2v) is 8.95. The first-order chi connectivity index (χ1) is 16.4. The zero-order valence-electron chi connectivity index (χ0n) is 18.8. The van der Waals surface area contributed by atoms with Gasteiger partial charge in [0.15, 0.2) is 11.6 Å². The van der Waals surface area contributed by atoms with Crippen molar-refractivity contribution in [1.29, 1.82) is 0 Å². The summed E-state index contributed by atoms with van der Waals surface area (Å²) in [6.07, 6.45) is 7.04. The van der Waals surface area contributed by atoms with E-state index >= 15 is 0 Å². The standard InChI is InChI=1S/C24H24ClN5O3S/c1-16(31)18-5-3-17(4-6-18)13-23(32)21(11-12-34-2)27-24(33)10-7-19-14-20(25)8-9-22(19)30-15-26-28-29-30/h3-10,14-15,21H,11-13H2,1-2H3,(H,27,33)/b10-7+/t21-/m0/s1. The number of halogens is 1. The Morgan fingerprint density at radius 3 is 2.59 bits per heavy atom. The summed E-state index contributed by atoms with van der Waals surface area (Å²) in [4.78, 5) is 37.1. The molecule has 8 nitrogen and oxygen atoms in total. The number of amides is 1. The van der Waals surface area contributed by atoms with Crippen molar-refractivity contribution in [3.05, 3.63) is 76.6 Å². The van der Waals surface area contributed by atoms with E-state index in [4.69, 9.17) is 11.6 Å². The SMILES string of the molecule is CSCC[C@H](NC(=O)/C=C/c1cc(Cl)ccc1-n1cnnn1)C(=O)Cc1ccc(C(C)=O)cc1. The number of thioether (sulfide) groups is 1. The van der Waals surface area contributed by atoms with Gasteiger partial charge in [-0.1, -0.05) is 35.9 Å². The van der Waals surface area contributed by atoms with E-state index in [1.807, 2.05) is 6.26 Å². The Kier molecular flexibility index (Phi) is 9.12. The zero-order chi connectivity index (χ0) is 24.5. The number of aromatic nitrogens is 4. The molecule has 0 aliphatic carbocycles. The number of carbonyl (C=O) groups excluding carboxylic acids is 3. The molecule has 0 aliphatic heterocycles. The largest absolute Gasteiger partial charge is 0.343 e. The van der Waals surface area contributed by atoms with Gasteiger partial charge in [-0.2, -0.15) is 16.4 Å². The van der Waals surface area contributed by atoms with Gasteiger partial charge in [-0.05, 0) is 65.6 Å². The lowest BCUT2D eigenvalue weighted by atomic mass is 10.00. The maximum Gasteiger partial charge on any atom is 0.244 e. The number of hydrogen-bond acceptors (Lipinski definition) is 7. The molecule has 0 aliphatic rings. The average molecular weight is 498 g/mol. The maximum absolute atomic E-state index is 12.9. The molecule has 0 spiro atoms. The van der Waals surface area contributed by atoms with Crippen molar-refractivity contribution in [3.8, 4) is 5.69 Å². The lowest BCUT2D eigenvalue weighted by Crippen LogP contribution is -2.41. The molecular weight excluding hydrogens is 474 g/mol. The minimum absolute atomic E-state index is 0.0299. The lowest BCUT2D eigenvalue weighted by Gasteiger charge is -2.16. The van der Waals surface area contributed by atoms with E-state index in [1.165, 1.54) is 24.0 Å². The van der Waals surface area contributed by atoms with Crippen LogP contribution in [0.15, 0.2) is 54.9 Å². The molecular formula is C24H24ClN5O3S. The predicted octanol–water partition coefficient (Wildman–Crippen LogP) is 3.58. The fourth-order valence-corrected chi connectivity index (χ4v) is 3.91. The van der Waals surface area contributed by atoms with Gasteiger partial charge in [0, 0.05) is 28.6 Å². The quantitative estimate of drug-likeness (QED) is 0.318. The Labute approximate surface area is 206 Å². The lowest BCUT2D eigenvalue weighted by molar-refractivity contribution is -0.125. The summed E-state index contributed by atoms with van der Waals surface area (Å²) in [6, 6.07) is 11.5. The van der Waals surface area contributed by atoms with Crippen LogP contribution in [0.25, 0.3) is 11.8 Å². The highest BCUT2D eigenvalue weighted by Crippen LogP contribution is 2.20. The number of carbonyl (C=O) groups is 3. The minimum Gasteiger partial charge on any atom is -0.343 e. The zero-order valence-corrected chi connectivity index (χ0v) is 20.3. The Balaban J connectivity index is 1.70. The number of tetrazole rings is 1. The number of hydrogen-bond donors (Lipinski definition) is 1. The van der Waals surface area contributed by atoms with Gasteiger partial charge in [0.1, 0.15) is 6.33 Å². The highest BCUT2D eigenvalue weighted by atomic mass is 35.5. The van der Waals surface area contributed by atoms with E-state index in [9.17, 15) is 14.4 Å². The van der Waals surface area contributed by atoms with Crippen molar-refractivity contribution in [1.82, 2.24) is 25.5 Å². The van der Waals surface area contributed by atoms with E-state index in [-0.39, 0.29) is 18.0 Å². The van der Waals surface area contributed by atoms with Gasteiger partial charge in [0.05, 0.1) is 11.7 Å². The van der Waals surface area contributed by atoms with E-state index in [0.717, 1.165) is 11.3 Å². The number of Topliss-reactive ketones (excluding diaryl/α,β-unsaturated/α-hetero) is 2. The van der Waals surface area contributed by atoms with Gasteiger partial charge < -0.3 is 5.32 Å². The van der Waals surface area contributed by atoms with Crippen LogP contribution < -0.4 is 5.32 Å². The molecule has 3 aromatic rings. The summed E-state index contributed by atoms with van der Waals surface area (Å²) in [5.74, 6) is 0.205. The Morgan fingerprint density at radius 2 is 1.94 bits per heavy atom. The van der Waals surface area contributed by atoms with Crippen molar-refractivity contribution >= 4 is 46.9 Å². The third kappa shape index (κ3) is 7.10. The van der Waals surface area contributed by atoms with E-state index in [1.54, 1.807) is 60.3 Å². The van der Waals surface area contributed by atoms with E-state index < -0.39 is 11.9 Å². The van der Waals surface area contributed by atoms with Gasteiger partial charge in [-0.15, -0.1) is 5.10 Å². The molecule has 0 radical (unpaired) electrons. The molecule has 34 heavy (non-hydrogen) atoms. The minimum atomic E-state index is -0.629. The molecule has 176 valence electrons. The Hall–Kier alpha value is -3.30.